The van der Waals surface area contributed by atoms with Crippen LogP contribution in [0.5, 0.6) is 5.75 Å². The molecular formula is C20H12F2N2O3S2. The first kappa shape index (κ1) is 19.3. The molecule has 0 bridgehead atoms. The lowest BCUT2D eigenvalue weighted by atomic mass is 10.2. The van der Waals surface area contributed by atoms with Gasteiger partial charge in [0, 0.05) is 12.1 Å². The Morgan fingerprint density at radius 3 is 2.69 bits per heavy atom. The number of halogens is 2. The fourth-order valence-electron chi connectivity index (χ4n) is 2.62. The van der Waals surface area contributed by atoms with Crippen molar-refractivity contribution < 1.29 is 18.4 Å². The Balaban J connectivity index is 1.55. The maximum Gasteiger partial charge on any atom is 0.283 e. The summed E-state index contributed by atoms with van der Waals surface area (Å²) in [4.78, 5) is 16.0. The van der Waals surface area contributed by atoms with Crippen molar-refractivity contribution >= 4 is 39.0 Å². The van der Waals surface area contributed by atoms with Gasteiger partial charge >= 0.3 is 0 Å². The molecule has 1 heterocycles. The molecule has 29 heavy (non-hydrogen) atoms. The standard InChI is InChI=1S/C20H12F2N2O3S2/c21-13-6-7-17(14(22)10-13)27-11-12-5-8-19(16(9-12)24(25)26)29-20-23-15-3-1-2-4-18(15)28-20/h1-10H,11H2. The van der Waals surface area contributed by atoms with Gasteiger partial charge in [-0.25, -0.2) is 13.8 Å². The molecule has 9 heteroatoms. The normalized spacial score (nSPS) is 11.0. The third-order valence-electron chi connectivity index (χ3n) is 3.98. The lowest BCUT2D eigenvalue weighted by Gasteiger charge is -2.08. The van der Waals surface area contributed by atoms with Crippen LogP contribution < -0.4 is 4.74 Å². The topological polar surface area (TPSA) is 65.3 Å². The summed E-state index contributed by atoms with van der Waals surface area (Å²) < 4.78 is 33.7. The van der Waals surface area contributed by atoms with E-state index in [2.05, 4.69) is 4.98 Å². The Kier molecular flexibility index (Phi) is 5.41. The number of ether oxygens (including phenoxy) is 1. The molecule has 0 amide bonds. The first-order valence-electron chi connectivity index (χ1n) is 8.38. The Bertz CT molecular complexity index is 1180. The van der Waals surface area contributed by atoms with Crippen molar-refractivity contribution in [2.24, 2.45) is 0 Å². The van der Waals surface area contributed by atoms with Crippen LogP contribution in [-0.2, 0) is 6.61 Å². The number of nitro groups is 1. The van der Waals surface area contributed by atoms with Gasteiger partial charge < -0.3 is 4.74 Å². The minimum atomic E-state index is -0.831. The Hall–Kier alpha value is -3.04. The van der Waals surface area contributed by atoms with Crippen LogP contribution in [0.4, 0.5) is 14.5 Å². The van der Waals surface area contributed by atoms with Crippen LogP contribution in [0.1, 0.15) is 5.56 Å². The molecule has 146 valence electrons. The summed E-state index contributed by atoms with van der Waals surface area (Å²) in [6.45, 7) is -0.0878. The number of nitro benzene ring substituents is 1. The van der Waals surface area contributed by atoms with Crippen LogP contribution in [0, 0.1) is 21.7 Å². The molecule has 0 saturated carbocycles. The molecule has 3 aromatic carbocycles. The molecule has 5 nitrogen and oxygen atoms in total. The van der Waals surface area contributed by atoms with E-state index in [-0.39, 0.29) is 18.0 Å². The van der Waals surface area contributed by atoms with Crippen LogP contribution in [-0.4, -0.2) is 9.91 Å². The van der Waals surface area contributed by atoms with E-state index in [1.54, 1.807) is 12.1 Å². The number of nitrogens with zero attached hydrogens (tertiary/aromatic N) is 2. The number of para-hydroxylation sites is 1. The number of hydrogen-bond acceptors (Lipinski definition) is 6. The van der Waals surface area contributed by atoms with Gasteiger partial charge in [0.25, 0.3) is 5.69 Å². The molecule has 0 aliphatic carbocycles. The summed E-state index contributed by atoms with van der Waals surface area (Å²) in [6, 6.07) is 15.3. The minimum absolute atomic E-state index is 0.0878. The van der Waals surface area contributed by atoms with Gasteiger partial charge in [-0.2, -0.15) is 0 Å². The lowest BCUT2D eigenvalue weighted by Crippen LogP contribution is -2.00. The van der Waals surface area contributed by atoms with E-state index in [0.717, 1.165) is 22.3 Å². The van der Waals surface area contributed by atoms with E-state index in [1.165, 1.54) is 35.2 Å². The highest BCUT2D eigenvalue weighted by Gasteiger charge is 2.18. The SMILES string of the molecule is O=[N+]([O-])c1cc(COc2ccc(F)cc2F)ccc1Sc1nc2ccccc2s1. The largest absolute Gasteiger partial charge is 0.486 e. The summed E-state index contributed by atoms with van der Waals surface area (Å²) in [5, 5.41) is 11.5. The van der Waals surface area contributed by atoms with E-state index in [1.807, 2.05) is 24.3 Å². The van der Waals surface area contributed by atoms with Crippen molar-refractivity contribution in [3.8, 4) is 5.75 Å². The highest BCUT2D eigenvalue weighted by molar-refractivity contribution is 8.01. The molecule has 0 atom stereocenters. The van der Waals surface area contributed by atoms with E-state index in [4.69, 9.17) is 4.74 Å². The number of benzene rings is 3. The quantitative estimate of drug-likeness (QED) is 0.269. The molecule has 0 aliphatic heterocycles. The van der Waals surface area contributed by atoms with Crippen molar-refractivity contribution in [2.75, 3.05) is 0 Å². The van der Waals surface area contributed by atoms with Gasteiger partial charge in [-0.05, 0) is 35.9 Å². The monoisotopic (exact) mass is 430 g/mol. The Morgan fingerprint density at radius 1 is 1.10 bits per heavy atom. The van der Waals surface area contributed by atoms with E-state index in [0.29, 0.717) is 14.8 Å². The molecule has 4 aromatic rings. The zero-order valence-corrected chi connectivity index (χ0v) is 16.3. The van der Waals surface area contributed by atoms with Gasteiger partial charge in [-0.3, -0.25) is 10.1 Å². The van der Waals surface area contributed by atoms with E-state index < -0.39 is 16.6 Å². The average Bonchev–Trinajstić information content (AvgIpc) is 3.10. The van der Waals surface area contributed by atoms with Crippen LogP contribution in [0.25, 0.3) is 10.2 Å². The van der Waals surface area contributed by atoms with Gasteiger partial charge in [0.15, 0.2) is 15.9 Å². The summed E-state index contributed by atoms with van der Waals surface area (Å²) in [5.74, 6) is -1.66. The van der Waals surface area contributed by atoms with Crippen molar-refractivity contribution in [1.29, 1.82) is 0 Å². The molecular weight excluding hydrogens is 418 g/mol. The number of aromatic nitrogens is 1. The van der Waals surface area contributed by atoms with Gasteiger partial charge in [-0.15, -0.1) is 11.3 Å². The van der Waals surface area contributed by atoms with Crippen molar-refractivity contribution in [1.82, 2.24) is 4.98 Å². The highest BCUT2D eigenvalue weighted by atomic mass is 32.2. The third-order valence-corrected chi connectivity index (χ3v) is 6.14. The van der Waals surface area contributed by atoms with Crippen molar-refractivity contribution in [3.05, 3.63) is 88.0 Å². The van der Waals surface area contributed by atoms with Crippen LogP contribution in [0.3, 0.4) is 0 Å². The van der Waals surface area contributed by atoms with Crippen LogP contribution >= 0.6 is 23.1 Å². The first-order valence-corrected chi connectivity index (χ1v) is 10.0. The highest BCUT2D eigenvalue weighted by Crippen LogP contribution is 2.39. The van der Waals surface area contributed by atoms with Gasteiger partial charge in [-0.1, -0.05) is 30.0 Å². The van der Waals surface area contributed by atoms with Crippen LogP contribution in [0.2, 0.25) is 0 Å². The van der Waals surface area contributed by atoms with Crippen molar-refractivity contribution in [2.45, 2.75) is 15.8 Å². The van der Waals surface area contributed by atoms with Crippen molar-refractivity contribution in [3.63, 3.8) is 0 Å². The zero-order valence-electron chi connectivity index (χ0n) is 14.7. The maximum absolute atomic E-state index is 13.7. The van der Waals surface area contributed by atoms with E-state index >= 15 is 0 Å². The number of hydrogen-bond donors (Lipinski definition) is 0. The third kappa shape index (κ3) is 4.36. The molecule has 0 radical (unpaired) electrons. The predicted molar refractivity (Wildman–Crippen MR) is 108 cm³/mol. The number of thiazole rings is 1. The molecule has 1 aromatic heterocycles. The zero-order chi connectivity index (χ0) is 20.4. The summed E-state index contributed by atoms with van der Waals surface area (Å²) in [6.07, 6.45) is 0. The first-order chi connectivity index (χ1) is 14.0. The maximum atomic E-state index is 13.7. The fourth-order valence-corrected chi connectivity index (χ4v) is 4.73. The Morgan fingerprint density at radius 2 is 1.93 bits per heavy atom. The molecule has 0 unspecified atom stereocenters. The average molecular weight is 430 g/mol. The lowest BCUT2D eigenvalue weighted by molar-refractivity contribution is -0.387. The minimum Gasteiger partial charge on any atom is -0.486 e. The molecule has 4 rings (SSSR count). The van der Waals surface area contributed by atoms with E-state index in [9.17, 15) is 18.9 Å². The van der Waals surface area contributed by atoms with Gasteiger partial charge in [0.1, 0.15) is 12.4 Å². The second-order valence-corrected chi connectivity index (χ2v) is 8.29. The molecule has 0 saturated heterocycles. The smallest absolute Gasteiger partial charge is 0.283 e. The fraction of sp³-hybridized carbons (Fsp3) is 0.0500. The second-order valence-electron chi connectivity index (χ2n) is 5.97. The number of rotatable bonds is 6. The molecule has 0 spiro atoms. The Labute approximate surface area is 172 Å². The summed E-state index contributed by atoms with van der Waals surface area (Å²) in [7, 11) is 0. The molecule has 0 fully saturated rings. The van der Waals surface area contributed by atoms with Gasteiger partial charge in [0.2, 0.25) is 0 Å². The summed E-state index contributed by atoms with van der Waals surface area (Å²) >= 11 is 2.68. The molecule has 0 N–H and O–H groups in total. The summed E-state index contributed by atoms with van der Waals surface area (Å²) in [5.41, 5.74) is 1.25. The van der Waals surface area contributed by atoms with Gasteiger partial charge in [0.05, 0.1) is 20.0 Å². The van der Waals surface area contributed by atoms with Crippen LogP contribution in [0.15, 0.2) is 69.9 Å². The predicted octanol–water partition coefficient (Wildman–Crippen LogP) is 6.21. The molecule has 0 aliphatic rings. The second kappa shape index (κ2) is 8.14. The number of fused-ring (bicyclic) bond motifs is 1.